The fourth-order valence-corrected chi connectivity index (χ4v) is 3.84. The van der Waals surface area contributed by atoms with Gasteiger partial charge in [-0.3, -0.25) is 9.59 Å². The van der Waals surface area contributed by atoms with Gasteiger partial charge in [-0.1, -0.05) is 11.6 Å². The smallest absolute Gasteiger partial charge is 0.255 e. The van der Waals surface area contributed by atoms with Crippen molar-refractivity contribution >= 4 is 46.6 Å². The molecule has 25 heavy (non-hydrogen) atoms. The Kier molecular flexibility index (Phi) is 5.50. The number of amides is 2. The molecule has 0 spiro atoms. The van der Waals surface area contributed by atoms with E-state index in [2.05, 4.69) is 10.2 Å². The molecular formula is C18H18ClN3O2S. The first-order chi connectivity index (χ1) is 12.0. The molecule has 1 aliphatic heterocycles. The number of rotatable bonds is 4. The molecule has 0 bridgehead atoms. The van der Waals surface area contributed by atoms with Crippen molar-refractivity contribution in [2.45, 2.75) is 0 Å². The largest absolute Gasteiger partial charge is 0.369 e. The lowest BCUT2D eigenvalue weighted by Gasteiger charge is -2.29. The molecular weight excluding hydrogens is 358 g/mol. The Morgan fingerprint density at radius 2 is 1.68 bits per heavy atom. The summed E-state index contributed by atoms with van der Waals surface area (Å²) >= 11 is 8.34. The molecule has 0 aliphatic carbocycles. The summed E-state index contributed by atoms with van der Waals surface area (Å²) in [7, 11) is 0. The number of nitrogens with one attached hydrogen (secondary N) is 1. The third-order valence-electron chi connectivity index (χ3n) is 3.99. The van der Waals surface area contributed by atoms with Crippen LogP contribution in [0.2, 0.25) is 5.02 Å². The zero-order valence-corrected chi connectivity index (χ0v) is 15.1. The number of hydrogen-bond acceptors (Lipinski definition) is 4. The minimum absolute atomic E-state index is 0.269. The summed E-state index contributed by atoms with van der Waals surface area (Å²) < 4.78 is 0. The Morgan fingerprint density at radius 1 is 1.04 bits per heavy atom. The number of benzene rings is 2. The minimum Gasteiger partial charge on any atom is -0.369 e. The van der Waals surface area contributed by atoms with Crippen molar-refractivity contribution < 1.29 is 9.59 Å². The van der Waals surface area contributed by atoms with Crippen LogP contribution in [0.15, 0.2) is 42.5 Å². The van der Waals surface area contributed by atoms with Crippen molar-refractivity contribution in [3.05, 3.63) is 58.6 Å². The lowest BCUT2D eigenvalue weighted by molar-refractivity contribution is 0.0995. The lowest BCUT2D eigenvalue weighted by atomic mass is 10.1. The Labute approximate surface area is 155 Å². The minimum atomic E-state index is -0.523. The molecule has 1 aliphatic rings. The van der Waals surface area contributed by atoms with E-state index in [0.29, 0.717) is 21.8 Å². The van der Waals surface area contributed by atoms with Crippen molar-refractivity contribution in [3.63, 3.8) is 0 Å². The first kappa shape index (κ1) is 17.6. The Morgan fingerprint density at radius 3 is 2.28 bits per heavy atom. The molecule has 0 saturated carbocycles. The number of anilines is 2. The molecule has 3 N–H and O–H groups in total. The average molecular weight is 376 g/mol. The molecule has 0 unspecified atom stereocenters. The standard InChI is InChI=1S/C18H18ClN3O2S/c19-15-11-14(5-6-16(15)22-7-9-25-10-8-22)21-18(24)13-3-1-12(2-4-13)17(20)23/h1-6,11H,7-10H2,(H2,20,23)(H,21,24). The summed E-state index contributed by atoms with van der Waals surface area (Å²) in [6, 6.07) is 11.7. The van der Waals surface area contributed by atoms with E-state index in [-0.39, 0.29) is 5.91 Å². The van der Waals surface area contributed by atoms with Crippen LogP contribution in [0.3, 0.4) is 0 Å². The van der Waals surface area contributed by atoms with Crippen LogP contribution in [0.4, 0.5) is 11.4 Å². The van der Waals surface area contributed by atoms with Gasteiger partial charge in [0.05, 0.1) is 10.7 Å². The number of thioether (sulfide) groups is 1. The van der Waals surface area contributed by atoms with Gasteiger partial charge in [-0.2, -0.15) is 11.8 Å². The van der Waals surface area contributed by atoms with Gasteiger partial charge in [0.2, 0.25) is 5.91 Å². The average Bonchev–Trinajstić information content (AvgIpc) is 2.62. The van der Waals surface area contributed by atoms with Gasteiger partial charge >= 0.3 is 0 Å². The summed E-state index contributed by atoms with van der Waals surface area (Å²) in [6.07, 6.45) is 0. The third-order valence-corrected chi connectivity index (χ3v) is 5.23. The summed E-state index contributed by atoms with van der Waals surface area (Å²) in [5, 5.41) is 3.43. The van der Waals surface area contributed by atoms with Crippen LogP contribution in [0.25, 0.3) is 0 Å². The van der Waals surface area contributed by atoms with E-state index < -0.39 is 5.91 Å². The van der Waals surface area contributed by atoms with Crippen LogP contribution in [-0.4, -0.2) is 36.4 Å². The number of hydrogen-bond donors (Lipinski definition) is 2. The van der Waals surface area contributed by atoms with Crippen LogP contribution in [0.1, 0.15) is 20.7 Å². The highest BCUT2D eigenvalue weighted by Gasteiger charge is 2.15. The predicted octanol–water partition coefficient (Wildman–Crippen LogP) is 3.24. The summed E-state index contributed by atoms with van der Waals surface area (Å²) in [5.74, 6) is 1.39. The number of halogens is 1. The van der Waals surface area contributed by atoms with E-state index >= 15 is 0 Å². The first-order valence-electron chi connectivity index (χ1n) is 7.88. The lowest BCUT2D eigenvalue weighted by Crippen LogP contribution is -2.32. The highest BCUT2D eigenvalue weighted by atomic mass is 35.5. The van der Waals surface area contributed by atoms with Gasteiger partial charge in [-0.15, -0.1) is 0 Å². The number of carbonyl (C=O) groups excluding carboxylic acids is 2. The molecule has 130 valence electrons. The van der Waals surface area contributed by atoms with Crippen LogP contribution in [0.5, 0.6) is 0 Å². The molecule has 7 heteroatoms. The van der Waals surface area contributed by atoms with E-state index in [1.54, 1.807) is 18.2 Å². The second-order valence-electron chi connectivity index (χ2n) is 5.66. The monoisotopic (exact) mass is 375 g/mol. The van der Waals surface area contributed by atoms with Gasteiger partial charge in [-0.05, 0) is 42.5 Å². The predicted molar refractivity (Wildman–Crippen MR) is 104 cm³/mol. The van der Waals surface area contributed by atoms with Gasteiger partial charge in [-0.25, -0.2) is 0 Å². The Balaban J connectivity index is 1.70. The van der Waals surface area contributed by atoms with E-state index in [9.17, 15) is 9.59 Å². The van der Waals surface area contributed by atoms with Crippen LogP contribution < -0.4 is 16.0 Å². The summed E-state index contributed by atoms with van der Waals surface area (Å²) in [5.41, 5.74) is 7.62. The summed E-state index contributed by atoms with van der Waals surface area (Å²) in [4.78, 5) is 25.6. The molecule has 0 atom stereocenters. The van der Waals surface area contributed by atoms with E-state index in [4.69, 9.17) is 17.3 Å². The maximum atomic E-state index is 12.3. The van der Waals surface area contributed by atoms with E-state index in [1.807, 2.05) is 23.9 Å². The zero-order chi connectivity index (χ0) is 17.8. The van der Waals surface area contributed by atoms with Gasteiger partial charge in [0.25, 0.3) is 5.91 Å². The van der Waals surface area contributed by atoms with Gasteiger partial charge < -0.3 is 16.0 Å². The van der Waals surface area contributed by atoms with Crippen molar-refractivity contribution in [3.8, 4) is 0 Å². The third kappa shape index (κ3) is 4.27. The first-order valence-corrected chi connectivity index (χ1v) is 9.41. The molecule has 2 amide bonds. The molecule has 1 heterocycles. The number of nitrogens with zero attached hydrogens (tertiary/aromatic N) is 1. The second-order valence-corrected chi connectivity index (χ2v) is 7.29. The molecule has 0 radical (unpaired) electrons. The van der Waals surface area contributed by atoms with Crippen LogP contribution in [-0.2, 0) is 0 Å². The molecule has 3 rings (SSSR count). The Hall–Kier alpha value is -2.18. The molecule has 2 aromatic rings. The SMILES string of the molecule is NC(=O)c1ccc(C(=O)Nc2ccc(N3CCSCC3)c(Cl)c2)cc1. The second kappa shape index (κ2) is 7.80. The molecule has 5 nitrogen and oxygen atoms in total. The zero-order valence-electron chi connectivity index (χ0n) is 13.5. The highest BCUT2D eigenvalue weighted by molar-refractivity contribution is 7.99. The molecule has 1 fully saturated rings. The van der Waals surface area contributed by atoms with E-state index in [0.717, 1.165) is 30.3 Å². The number of primary amides is 1. The van der Waals surface area contributed by atoms with Crippen molar-refractivity contribution in [2.75, 3.05) is 34.8 Å². The maximum Gasteiger partial charge on any atom is 0.255 e. The molecule has 1 saturated heterocycles. The molecule has 2 aromatic carbocycles. The summed E-state index contributed by atoms with van der Waals surface area (Å²) in [6.45, 7) is 1.95. The fraction of sp³-hybridized carbons (Fsp3) is 0.222. The topological polar surface area (TPSA) is 75.4 Å². The van der Waals surface area contributed by atoms with Gasteiger partial charge in [0.1, 0.15) is 0 Å². The van der Waals surface area contributed by atoms with Crippen LogP contribution >= 0.6 is 23.4 Å². The van der Waals surface area contributed by atoms with Crippen molar-refractivity contribution in [1.29, 1.82) is 0 Å². The number of nitrogens with two attached hydrogens (primary N) is 1. The highest BCUT2D eigenvalue weighted by Crippen LogP contribution is 2.30. The van der Waals surface area contributed by atoms with Gasteiger partial charge in [0.15, 0.2) is 0 Å². The molecule has 0 aromatic heterocycles. The van der Waals surface area contributed by atoms with Crippen molar-refractivity contribution in [1.82, 2.24) is 0 Å². The fourth-order valence-electron chi connectivity index (χ4n) is 2.63. The number of carbonyl (C=O) groups is 2. The normalized spacial score (nSPS) is 14.2. The maximum absolute atomic E-state index is 12.3. The van der Waals surface area contributed by atoms with Crippen molar-refractivity contribution in [2.24, 2.45) is 5.73 Å². The van der Waals surface area contributed by atoms with E-state index in [1.165, 1.54) is 12.1 Å². The van der Waals surface area contributed by atoms with Gasteiger partial charge in [0, 0.05) is 41.4 Å². The quantitative estimate of drug-likeness (QED) is 0.860. The Bertz CT molecular complexity index is 789. The van der Waals surface area contributed by atoms with Crippen LogP contribution in [0, 0.1) is 0 Å².